The highest BCUT2D eigenvalue weighted by Crippen LogP contribution is 2.32. The van der Waals surface area contributed by atoms with Crippen LogP contribution in [0.3, 0.4) is 0 Å². The van der Waals surface area contributed by atoms with Gasteiger partial charge in [0.25, 0.3) is 0 Å². The number of nitrogens with zero attached hydrogens (tertiary/aromatic N) is 2. The van der Waals surface area contributed by atoms with Gasteiger partial charge in [0.1, 0.15) is 0 Å². The molecule has 1 unspecified atom stereocenters. The van der Waals surface area contributed by atoms with E-state index in [4.69, 9.17) is 9.84 Å². The molecule has 0 aliphatic rings. The van der Waals surface area contributed by atoms with Crippen LogP contribution in [0.2, 0.25) is 0 Å². The normalized spacial score (nSPS) is 11.9. The summed E-state index contributed by atoms with van der Waals surface area (Å²) in [6, 6.07) is 2.69. The van der Waals surface area contributed by atoms with Gasteiger partial charge >= 0.3 is 11.7 Å². The molecule has 0 fully saturated rings. The van der Waals surface area contributed by atoms with Gasteiger partial charge in [0.05, 0.1) is 18.5 Å². The third-order valence-electron chi connectivity index (χ3n) is 2.00. The topological polar surface area (TPSA) is 103 Å². The SMILES string of the molecule is COc1ccc([N+](=O)[O-])c(SC(C)CC(=O)O)n1. The number of nitro groups is 1. The molecule has 0 spiro atoms. The number of thioether (sulfide) groups is 1. The van der Waals surface area contributed by atoms with Crippen LogP contribution in [0.25, 0.3) is 0 Å². The Kier molecular flexibility index (Phi) is 4.90. The van der Waals surface area contributed by atoms with E-state index in [1.54, 1.807) is 6.92 Å². The van der Waals surface area contributed by atoms with Gasteiger partial charge in [0.2, 0.25) is 5.88 Å². The molecule has 0 saturated carbocycles. The van der Waals surface area contributed by atoms with E-state index < -0.39 is 10.9 Å². The number of carboxylic acids is 1. The molecule has 0 aliphatic carbocycles. The van der Waals surface area contributed by atoms with Crippen molar-refractivity contribution in [1.82, 2.24) is 4.98 Å². The molecule has 0 aromatic carbocycles. The van der Waals surface area contributed by atoms with Gasteiger partial charge in [0, 0.05) is 17.4 Å². The van der Waals surface area contributed by atoms with Crippen LogP contribution in [0.15, 0.2) is 17.2 Å². The minimum atomic E-state index is -0.958. The monoisotopic (exact) mass is 272 g/mol. The Morgan fingerprint density at radius 3 is 2.83 bits per heavy atom. The van der Waals surface area contributed by atoms with E-state index in [-0.39, 0.29) is 28.3 Å². The van der Waals surface area contributed by atoms with E-state index in [9.17, 15) is 14.9 Å². The van der Waals surface area contributed by atoms with Crippen molar-refractivity contribution in [1.29, 1.82) is 0 Å². The first-order chi connectivity index (χ1) is 8.43. The third kappa shape index (κ3) is 3.88. The van der Waals surface area contributed by atoms with Crippen LogP contribution in [0.5, 0.6) is 5.88 Å². The standard InChI is InChI=1S/C10H12N2O5S/c1-6(5-9(13)14)18-10-7(12(15)16)3-4-8(11-10)17-2/h3-4,6H,5H2,1-2H3,(H,13,14). The van der Waals surface area contributed by atoms with Crippen molar-refractivity contribution >= 4 is 23.4 Å². The molecule has 18 heavy (non-hydrogen) atoms. The maximum atomic E-state index is 10.8. The number of rotatable bonds is 6. The van der Waals surface area contributed by atoms with E-state index in [0.29, 0.717) is 0 Å². The molecule has 7 nitrogen and oxygen atoms in total. The van der Waals surface area contributed by atoms with Gasteiger partial charge in [-0.15, -0.1) is 0 Å². The second kappa shape index (κ2) is 6.20. The number of pyridine rings is 1. The van der Waals surface area contributed by atoms with Crippen molar-refractivity contribution in [2.45, 2.75) is 23.6 Å². The van der Waals surface area contributed by atoms with Gasteiger partial charge in [-0.3, -0.25) is 14.9 Å². The Hall–Kier alpha value is -1.83. The minimum Gasteiger partial charge on any atom is -0.481 e. The van der Waals surface area contributed by atoms with E-state index in [1.165, 1.54) is 19.2 Å². The molecule has 0 radical (unpaired) electrons. The molecule has 1 heterocycles. The van der Waals surface area contributed by atoms with Gasteiger partial charge in [-0.2, -0.15) is 4.98 Å². The van der Waals surface area contributed by atoms with Crippen LogP contribution < -0.4 is 4.74 Å². The zero-order valence-electron chi connectivity index (χ0n) is 9.82. The summed E-state index contributed by atoms with van der Waals surface area (Å²) in [7, 11) is 1.41. The van der Waals surface area contributed by atoms with Crippen LogP contribution in [0, 0.1) is 10.1 Å². The second-order valence-corrected chi connectivity index (χ2v) is 4.89. The molecule has 0 amide bonds. The van der Waals surface area contributed by atoms with Crippen LogP contribution in [0.4, 0.5) is 5.69 Å². The molecule has 1 rings (SSSR count). The fourth-order valence-corrected chi connectivity index (χ4v) is 2.25. The zero-order valence-corrected chi connectivity index (χ0v) is 10.6. The van der Waals surface area contributed by atoms with Crippen molar-refractivity contribution in [2.75, 3.05) is 7.11 Å². The number of ether oxygens (including phenoxy) is 1. The van der Waals surface area contributed by atoms with E-state index in [2.05, 4.69) is 4.98 Å². The molecule has 1 N–H and O–H groups in total. The van der Waals surface area contributed by atoms with Crippen LogP contribution >= 0.6 is 11.8 Å². The lowest BCUT2D eigenvalue weighted by Gasteiger charge is -2.08. The first-order valence-corrected chi connectivity index (χ1v) is 5.90. The van der Waals surface area contributed by atoms with Crippen molar-refractivity contribution in [3.8, 4) is 5.88 Å². The number of methoxy groups -OCH3 is 1. The first-order valence-electron chi connectivity index (χ1n) is 5.02. The maximum Gasteiger partial charge on any atom is 0.304 e. The van der Waals surface area contributed by atoms with Crippen molar-refractivity contribution in [3.05, 3.63) is 22.2 Å². The molecular formula is C10H12N2O5S. The summed E-state index contributed by atoms with van der Waals surface area (Å²) in [6.07, 6.45) is -0.0965. The van der Waals surface area contributed by atoms with Gasteiger partial charge < -0.3 is 9.84 Å². The maximum absolute atomic E-state index is 10.8. The predicted molar refractivity (Wildman–Crippen MR) is 65.0 cm³/mol. The highest BCUT2D eigenvalue weighted by atomic mass is 32.2. The fraction of sp³-hybridized carbons (Fsp3) is 0.400. The summed E-state index contributed by atoms with van der Waals surface area (Å²) >= 11 is 1.04. The first kappa shape index (κ1) is 14.2. The van der Waals surface area contributed by atoms with Crippen molar-refractivity contribution in [3.63, 3.8) is 0 Å². The molecule has 98 valence electrons. The zero-order chi connectivity index (χ0) is 13.7. The number of hydrogen-bond donors (Lipinski definition) is 1. The fourth-order valence-electron chi connectivity index (χ4n) is 1.23. The Morgan fingerprint density at radius 1 is 1.67 bits per heavy atom. The average Bonchev–Trinajstić information content (AvgIpc) is 2.27. The molecule has 1 aromatic rings. The largest absolute Gasteiger partial charge is 0.481 e. The Morgan fingerprint density at radius 2 is 2.33 bits per heavy atom. The summed E-state index contributed by atoms with van der Waals surface area (Å²) in [5, 5.41) is 19.3. The summed E-state index contributed by atoms with van der Waals surface area (Å²) in [4.78, 5) is 24.8. The van der Waals surface area contributed by atoms with Gasteiger partial charge in [-0.1, -0.05) is 18.7 Å². The van der Waals surface area contributed by atoms with Gasteiger partial charge in [-0.05, 0) is 0 Å². The number of carbonyl (C=O) groups is 1. The Bertz CT molecular complexity index is 466. The number of hydrogen-bond acceptors (Lipinski definition) is 6. The summed E-state index contributed by atoms with van der Waals surface area (Å²) in [6.45, 7) is 1.67. The summed E-state index contributed by atoms with van der Waals surface area (Å²) < 4.78 is 4.89. The van der Waals surface area contributed by atoms with Crippen molar-refractivity contribution < 1.29 is 19.6 Å². The lowest BCUT2D eigenvalue weighted by atomic mass is 10.3. The smallest absolute Gasteiger partial charge is 0.304 e. The quantitative estimate of drug-likeness (QED) is 0.479. The van der Waals surface area contributed by atoms with E-state index >= 15 is 0 Å². The third-order valence-corrected chi connectivity index (χ3v) is 3.09. The van der Waals surface area contributed by atoms with Crippen molar-refractivity contribution in [2.24, 2.45) is 0 Å². The number of aliphatic carboxylic acids is 1. The Labute approximate surface area is 107 Å². The molecule has 8 heteroatoms. The van der Waals surface area contributed by atoms with Crippen LogP contribution in [-0.4, -0.2) is 33.3 Å². The summed E-state index contributed by atoms with van der Waals surface area (Å²) in [5.41, 5.74) is -0.155. The summed E-state index contributed by atoms with van der Waals surface area (Å²) in [5.74, 6) is -0.703. The highest BCUT2D eigenvalue weighted by molar-refractivity contribution is 8.00. The molecular weight excluding hydrogens is 260 g/mol. The second-order valence-electron chi connectivity index (χ2n) is 3.46. The highest BCUT2D eigenvalue weighted by Gasteiger charge is 2.20. The van der Waals surface area contributed by atoms with E-state index in [0.717, 1.165) is 11.8 Å². The Balaban J connectivity index is 2.96. The number of carboxylic acid groups (broad SMARTS) is 1. The molecule has 1 atom stereocenters. The van der Waals surface area contributed by atoms with Crippen LogP contribution in [-0.2, 0) is 4.79 Å². The van der Waals surface area contributed by atoms with Crippen LogP contribution in [0.1, 0.15) is 13.3 Å². The van der Waals surface area contributed by atoms with Gasteiger partial charge in [0.15, 0.2) is 5.03 Å². The molecule has 1 aromatic heterocycles. The predicted octanol–water partition coefficient (Wildman–Crippen LogP) is 1.95. The molecule has 0 aliphatic heterocycles. The number of aromatic nitrogens is 1. The lowest BCUT2D eigenvalue weighted by Crippen LogP contribution is -2.07. The average molecular weight is 272 g/mol. The molecule has 0 bridgehead atoms. The molecule has 0 saturated heterocycles. The lowest BCUT2D eigenvalue weighted by molar-refractivity contribution is -0.388. The van der Waals surface area contributed by atoms with Gasteiger partial charge in [-0.25, -0.2) is 0 Å². The van der Waals surface area contributed by atoms with E-state index in [1.807, 2.05) is 0 Å². The minimum absolute atomic E-state index is 0.0965.